The maximum Gasteiger partial charge on any atom is 0.276 e. The lowest BCUT2D eigenvalue weighted by Crippen LogP contribution is -2.37. The van der Waals surface area contributed by atoms with E-state index in [1.165, 1.54) is 0 Å². The van der Waals surface area contributed by atoms with Crippen LogP contribution in [0.15, 0.2) is 53.4 Å². The molecule has 0 radical (unpaired) electrons. The molecule has 26 heavy (non-hydrogen) atoms. The van der Waals surface area contributed by atoms with Crippen molar-refractivity contribution >= 4 is 28.7 Å². The zero-order valence-electron chi connectivity index (χ0n) is 14.6. The molecule has 0 bridgehead atoms. The second kappa shape index (κ2) is 8.05. The highest BCUT2D eigenvalue weighted by atomic mass is 32.2. The number of methoxy groups -OCH3 is 1. The van der Waals surface area contributed by atoms with Gasteiger partial charge in [0.05, 0.1) is 7.11 Å². The molecule has 2 aromatic carbocycles. The van der Waals surface area contributed by atoms with Crippen LogP contribution in [0.3, 0.4) is 0 Å². The number of para-hydroxylation sites is 2. The number of nitrogens with one attached hydrogen (secondary N) is 1. The van der Waals surface area contributed by atoms with Crippen LogP contribution in [0, 0.1) is 12.1 Å². The number of carbonyl (C=O) groups is 1. The normalized spacial score (nSPS) is 10.7. The summed E-state index contributed by atoms with van der Waals surface area (Å²) in [6.07, 6.45) is 0. The van der Waals surface area contributed by atoms with Gasteiger partial charge in [-0.05, 0) is 30.3 Å². The molecule has 134 valence electrons. The van der Waals surface area contributed by atoms with E-state index in [0.717, 1.165) is 15.4 Å². The van der Waals surface area contributed by atoms with Crippen LogP contribution in [0.1, 0.15) is 16.2 Å². The topological polar surface area (TPSA) is 78.2 Å². The number of carbonyl (C=O) groups excluding carboxylic acids is 1. The fraction of sp³-hybridized carbons (Fsp3) is 0.211. The molecule has 0 aliphatic carbocycles. The minimum atomic E-state index is -0.340. The van der Waals surface area contributed by atoms with E-state index >= 15 is 0 Å². The first-order valence-electron chi connectivity index (χ1n) is 8.14. The summed E-state index contributed by atoms with van der Waals surface area (Å²) < 4.78 is 5.88. The van der Waals surface area contributed by atoms with Crippen LogP contribution in [-0.4, -0.2) is 30.3 Å². The van der Waals surface area contributed by atoms with Crippen molar-refractivity contribution in [3.05, 3.63) is 65.1 Å². The first-order valence-corrected chi connectivity index (χ1v) is 9.12. The summed E-state index contributed by atoms with van der Waals surface area (Å²) in [6.45, 7) is 2.08. The molecule has 3 rings (SSSR count). The number of rotatable bonds is 6. The second-order valence-electron chi connectivity index (χ2n) is 5.61. The molecular weight excluding hydrogens is 350 g/mol. The predicted molar refractivity (Wildman–Crippen MR) is 101 cm³/mol. The third-order valence-electron chi connectivity index (χ3n) is 3.91. The lowest BCUT2D eigenvalue weighted by atomic mass is 10.2. The highest BCUT2D eigenvalue weighted by Gasteiger charge is 2.20. The highest BCUT2D eigenvalue weighted by Crippen LogP contribution is 2.20. The van der Waals surface area contributed by atoms with Crippen molar-refractivity contribution in [2.24, 2.45) is 0 Å². The van der Waals surface area contributed by atoms with Gasteiger partial charge in [0.2, 0.25) is 11.2 Å². The van der Waals surface area contributed by atoms with Gasteiger partial charge in [-0.2, -0.15) is 4.73 Å². The molecule has 0 aliphatic rings. The fourth-order valence-electron chi connectivity index (χ4n) is 2.51. The molecule has 0 spiro atoms. The van der Waals surface area contributed by atoms with E-state index in [1.54, 1.807) is 50.1 Å². The SMILES string of the molecule is COc1ccc(SCCNC(=O)c2nc3ccccc3[n+]([O-])c2C)cc1. The van der Waals surface area contributed by atoms with E-state index in [9.17, 15) is 10.0 Å². The number of thioether (sulfide) groups is 1. The zero-order chi connectivity index (χ0) is 18.5. The van der Waals surface area contributed by atoms with Crippen molar-refractivity contribution in [3.8, 4) is 5.75 Å². The van der Waals surface area contributed by atoms with Gasteiger partial charge in [-0.1, -0.05) is 12.1 Å². The van der Waals surface area contributed by atoms with Gasteiger partial charge in [0.25, 0.3) is 5.91 Å². The van der Waals surface area contributed by atoms with Gasteiger partial charge in [0.15, 0.2) is 5.69 Å². The van der Waals surface area contributed by atoms with Crippen LogP contribution >= 0.6 is 11.8 Å². The van der Waals surface area contributed by atoms with Gasteiger partial charge in [-0.25, -0.2) is 4.98 Å². The molecule has 0 aliphatic heterocycles. The smallest absolute Gasteiger partial charge is 0.276 e. The molecule has 0 unspecified atom stereocenters. The molecular formula is C19H19N3O3S. The van der Waals surface area contributed by atoms with E-state index in [2.05, 4.69) is 10.3 Å². The average Bonchev–Trinajstić information content (AvgIpc) is 2.68. The molecule has 3 aromatic rings. The Labute approximate surface area is 155 Å². The molecule has 0 atom stereocenters. The quantitative estimate of drug-likeness (QED) is 0.313. The molecule has 6 nitrogen and oxygen atoms in total. The first-order chi connectivity index (χ1) is 12.6. The summed E-state index contributed by atoms with van der Waals surface area (Å²) in [5, 5.41) is 15.1. The van der Waals surface area contributed by atoms with Crippen LogP contribution in [0.5, 0.6) is 5.75 Å². The lowest BCUT2D eigenvalue weighted by molar-refractivity contribution is -0.584. The molecule has 1 aromatic heterocycles. The Morgan fingerprint density at radius 2 is 1.96 bits per heavy atom. The summed E-state index contributed by atoms with van der Waals surface area (Å²) >= 11 is 1.63. The number of fused-ring (bicyclic) bond motifs is 1. The van der Waals surface area contributed by atoms with Crippen LogP contribution in [0.25, 0.3) is 11.0 Å². The number of aromatic nitrogens is 2. The van der Waals surface area contributed by atoms with Gasteiger partial charge in [0.1, 0.15) is 11.3 Å². The van der Waals surface area contributed by atoms with Crippen LogP contribution < -0.4 is 14.8 Å². The number of ether oxygens (including phenoxy) is 1. The van der Waals surface area contributed by atoms with Gasteiger partial charge < -0.3 is 15.3 Å². The Balaban J connectivity index is 1.61. The van der Waals surface area contributed by atoms with E-state index in [0.29, 0.717) is 29.0 Å². The van der Waals surface area contributed by atoms with Crippen molar-refractivity contribution in [2.45, 2.75) is 11.8 Å². The number of hydrogen-bond acceptors (Lipinski definition) is 5. The number of nitrogens with zero attached hydrogens (tertiary/aromatic N) is 2. The molecule has 0 saturated carbocycles. The molecule has 7 heteroatoms. The minimum absolute atomic E-state index is 0.160. The van der Waals surface area contributed by atoms with Crippen LogP contribution in [0.2, 0.25) is 0 Å². The fourth-order valence-corrected chi connectivity index (χ4v) is 3.28. The molecule has 0 saturated heterocycles. The number of amides is 1. The van der Waals surface area contributed by atoms with Gasteiger partial charge in [-0.15, -0.1) is 11.8 Å². The molecule has 1 amide bonds. The van der Waals surface area contributed by atoms with Gasteiger partial charge >= 0.3 is 0 Å². The summed E-state index contributed by atoms with van der Waals surface area (Å²) in [4.78, 5) is 17.8. The van der Waals surface area contributed by atoms with E-state index in [4.69, 9.17) is 4.74 Å². The Kier molecular flexibility index (Phi) is 5.58. The monoisotopic (exact) mass is 369 g/mol. The first kappa shape index (κ1) is 18.0. The molecule has 1 heterocycles. The van der Waals surface area contributed by atoms with Crippen molar-refractivity contribution in [1.29, 1.82) is 0 Å². The maximum absolute atomic E-state index is 12.4. The summed E-state index contributed by atoms with van der Waals surface area (Å²) in [7, 11) is 1.63. The second-order valence-corrected chi connectivity index (χ2v) is 6.78. The third-order valence-corrected chi connectivity index (χ3v) is 4.92. The Bertz CT molecular complexity index is 929. The Morgan fingerprint density at radius 3 is 2.69 bits per heavy atom. The largest absolute Gasteiger partial charge is 0.618 e. The molecule has 0 fully saturated rings. The van der Waals surface area contributed by atoms with Crippen LogP contribution in [-0.2, 0) is 0 Å². The summed E-state index contributed by atoms with van der Waals surface area (Å²) in [5.41, 5.74) is 1.42. The Morgan fingerprint density at radius 1 is 1.23 bits per heavy atom. The third kappa shape index (κ3) is 3.88. The summed E-state index contributed by atoms with van der Waals surface area (Å²) in [5.74, 6) is 1.18. The van der Waals surface area contributed by atoms with Crippen LogP contribution in [0.4, 0.5) is 0 Å². The average molecular weight is 369 g/mol. The predicted octanol–water partition coefficient (Wildman–Crippen LogP) is 2.71. The summed E-state index contributed by atoms with van der Waals surface area (Å²) in [6, 6.07) is 14.7. The number of hydrogen-bond donors (Lipinski definition) is 1. The van der Waals surface area contributed by atoms with E-state index < -0.39 is 0 Å². The van der Waals surface area contributed by atoms with Crippen molar-refractivity contribution in [2.75, 3.05) is 19.4 Å². The lowest BCUT2D eigenvalue weighted by Gasteiger charge is -2.09. The zero-order valence-corrected chi connectivity index (χ0v) is 15.4. The van der Waals surface area contributed by atoms with Gasteiger partial charge in [-0.3, -0.25) is 4.79 Å². The minimum Gasteiger partial charge on any atom is -0.618 e. The van der Waals surface area contributed by atoms with Gasteiger partial charge in [0, 0.05) is 30.2 Å². The Hall–Kier alpha value is -2.80. The maximum atomic E-state index is 12.4. The molecule has 1 N–H and O–H groups in total. The van der Waals surface area contributed by atoms with Crippen molar-refractivity contribution in [3.63, 3.8) is 0 Å². The highest BCUT2D eigenvalue weighted by molar-refractivity contribution is 7.99. The van der Waals surface area contributed by atoms with E-state index in [-0.39, 0.29) is 11.6 Å². The standard InChI is InChI=1S/C19H19N3O3S/c1-13-18(21-16-5-3-4-6-17(16)22(13)24)19(23)20-11-12-26-15-9-7-14(25-2)8-10-15/h3-10H,11-12H2,1-2H3,(H,20,23). The van der Waals surface area contributed by atoms with E-state index in [1.807, 2.05) is 24.3 Å². The van der Waals surface area contributed by atoms with Crippen molar-refractivity contribution < 1.29 is 14.3 Å². The number of benzene rings is 2. The van der Waals surface area contributed by atoms with Crippen molar-refractivity contribution in [1.82, 2.24) is 10.3 Å².